The zero-order valence-electron chi connectivity index (χ0n) is 9.68. The highest BCUT2D eigenvalue weighted by Gasteiger charge is 2.07. The van der Waals surface area contributed by atoms with Crippen molar-refractivity contribution in [2.75, 3.05) is 0 Å². The van der Waals surface area contributed by atoms with Crippen LogP contribution in [0.1, 0.15) is 30.5 Å². The number of thiophene rings is 1. The normalized spacial score (nSPS) is 10.8. The Labute approximate surface area is 113 Å². The lowest BCUT2D eigenvalue weighted by atomic mass is 10.2. The molecule has 3 nitrogen and oxygen atoms in total. The maximum atomic E-state index is 5.65. The molecule has 0 spiro atoms. The summed E-state index contributed by atoms with van der Waals surface area (Å²) in [7, 11) is 0. The van der Waals surface area contributed by atoms with E-state index in [1.165, 1.54) is 4.88 Å². The van der Waals surface area contributed by atoms with Crippen LogP contribution in [0.5, 0.6) is 5.88 Å². The molecule has 2 rings (SSSR count). The van der Waals surface area contributed by atoms with Crippen molar-refractivity contribution < 1.29 is 4.74 Å². The van der Waals surface area contributed by atoms with Crippen molar-refractivity contribution in [3.05, 3.63) is 38.9 Å². The molecule has 0 unspecified atom stereocenters. The van der Waals surface area contributed by atoms with Gasteiger partial charge in [0.25, 0.3) is 0 Å². The smallest absolute Gasteiger partial charge is 0.218 e. The molecule has 0 radical (unpaired) electrons. The van der Waals surface area contributed by atoms with Crippen LogP contribution in [-0.2, 0) is 6.61 Å². The van der Waals surface area contributed by atoms with Crippen LogP contribution in [0, 0.1) is 0 Å². The minimum Gasteiger partial charge on any atom is -0.472 e. The van der Waals surface area contributed by atoms with Gasteiger partial charge in [-0.3, -0.25) is 0 Å². The van der Waals surface area contributed by atoms with Crippen LogP contribution in [0.3, 0.4) is 0 Å². The largest absolute Gasteiger partial charge is 0.472 e. The van der Waals surface area contributed by atoms with Crippen LogP contribution < -0.4 is 4.74 Å². The SMILES string of the molecule is CC(C)c1nc(Br)cc(OCc2cccs2)n1. The van der Waals surface area contributed by atoms with E-state index in [2.05, 4.69) is 39.7 Å². The van der Waals surface area contributed by atoms with Gasteiger partial charge < -0.3 is 4.74 Å². The lowest BCUT2D eigenvalue weighted by Crippen LogP contribution is -2.02. The third-order valence-electron chi connectivity index (χ3n) is 2.15. The van der Waals surface area contributed by atoms with Crippen LogP contribution in [-0.4, -0.2) is 9.97 Å². The summed E-state index contributed by atoms with van der Waals surface area (Å²) in [5.41, 5.74) is 0. The molecule has 0 fully saturated rings. The van der Waals surface area contributed by atoms with E-state index in [0.29, 0.717) is 12.5 Å². The summed E-state index contributed by atoms with van der Waals surface area (Å²) < 4.78 is 6.41. The predicted octanol–water partition coefficient (Wildman–Crippen LogP) is 4.00. The fourth-order valence-electron chi connectivity index (χ4n) is 1.29. The van der Waals surface area contributed by atoms with Crippen LogP contribution >= 0.6 is 27.3 Å². The minimum absolute atomic E-state index is 0.289. The summed E-state index contributed by atoms with van der Waals surface area (Å²) in [6, 6.07) is 5.85. The van der Waals surface area contributed by atoms with E-state index in [0.717, 1.165) is 10.4 Å². The Balaban J connectivity index is 2.10. The van der Waals surface area contributed by atoms with Gasteiger partial charge in [0.1, 0.15) is 17.0 Å². The second-order valence-electron chi connectivity index (χ2n) is 3.91. The van der Waals surface area contributed by atoms with Gasteiger partial charge in [0, 0.05) is 16.9 Å². The zero-order chi connectivity index (χ0) is 12.3. The average molecular weight is 313 g/mol. The predicted molar refractivity (Wildman–Crippen MR) is 72.5 cm³/mol. The van der Waals surface area contributed by atoms with Gasteiger partial charge in [-0.1, -0.05) is 19.9 Å². The van der Waals surface area contributed by atoms with Gasteiger partial charge in [0.2, 0.25) is 5.88 Å². The molecule has 0 aliphatic rings. The molecule has 0 atom stereocenters. The summed E-state index contributed by atoms with van der Waals surface area (Å²) in [6.07, 6.45) is 0. The van der Waals surface area contributed by atoms with E-state index in [-0.39, 0.29) is 5.92 Å². The molecule has 5 heteroatoms. The summed E-state index contributed by atoms with van der Waals surface area (Å²) in [4.78, 5) is 9.87. The molecule has 2 aromatic rings. The first-order valence-electron chi connectivity index (χ1n) is 5.35. The van der Waals surface area contributed by atoms with Crippen molar-refractivity contribution in [3.63, 3.8) is 0 Å². The quantitative estimate of drug-likeness (QED) is 0.800. The molecule has 0 N–H and O–H groups in total. The molecule has 0 aromatic carbocycles. The Hall–Kier alpha value is -0.940. The van der Waals surface area contributed by atoms with Crippen molar-refractivity contribution >= 4 is 27.3 Å². The molecule has 2 heterocycles. The standard InChI is InChI=1S/C12H13BrN2OS/c1-8(2)12-14-10(13)6-11(15-12)16-7-9-4-3-5-17-9/h3-6,8H,7H2,1-2H3. The topological polar surface area (TPSA) is 35.0 Å². The van der Waals surface area contributed by atoms with Gasteiger partial charge in [0.15, 0.2) is 0 Å². The van der Waals surface area contributed by atoms with Crippen LogP contribution in [0.25, 0.3) is 0 Å². The molecule has 0 amide bonds. The second-order valence-corrected chi connectivity index (χ2v) is 5.75. The van der Waals surface area contributed by atoms with Gasteiger partial charge in [0.05, 0.1) is 0 Å². The highest BCUT2D eigenvalue weighted by atomic mass is 79.9. The Morgan fingerprint density at radius 1 is 1.41 bits per heavy atom. The van der Waals surface area contributed by atoms with E-state index in [4.69, 9.17) is 4.74 Å². The third kappa shape index (κ3) is 3.51. The van der Waals surface area contributed by atoms with E-state index in [1.807, 2.05) is 17.5 Å². The molecule has 90 valence electrons. The van der Waals surface area contributed by atoms with E-state index in [1.54, 1.807) is 17.4 Å². The summed E-state index contributed by atoms with van der Waals surface area (Å²) in [6.45, 7) is 4.67. The van der Waals surface area contributed by atoms with E-state index in [9.17, 15) is 0 Å². The maximum Gasteiger partial charge on any atom is 0.218 e. The molecule has 0 saturated carbocycles. The van der Waals surface area contributed by atoms with E-state index >= 15 is 0 Å². The molecule has 2 aromatic heterocycles. The van der Waals surface area contributed by atoms with Crippen molar-refractivity contribution in [1.82, 2.24) is 9.97 Å². The fraction of sp³-hybridized carbons (Fsp3) is 0.333. The summed E-state index contributed by atoms with van der Waals surface area (Å²) >= 11 is 5.05. The first-order chi connectivity index (χ1) is 8.15. The molecular weight excluding hydrogens is 300 g/mol. The third-order valence-corrected chi connectivity index (χ3v) is 3.40. The molecule has 0 bridgehead atoms. The van der Waals surface area contributed by atoms with Crippen molar-refractivity contribution in [2.45, 2.75) is 26.4 Å². The van der Waals surface area contributed by atoms with E-state index < -0.39 is 0 Å². The van der Waals surface area contributed by atoms with Crippen LogP contribution in [0.15, 0.2) is 28.2 Å². The Morgan fingerprint density at radius 3 is 2.88 bits per heavy atom. The van der Waals surface area contributed by atoms with Crippen molar-refractivity contribution in [2.24, 2.45) is 0 Å². The number of rotatable bonds is 4. The summed E-state index contributed by atoms with van der Waals surface area (Å²) in [5, 5.41) is 2.04. The Kier molecular flexibility index (Phi) is 4.12. The van der Waals surface area contributed by atoms with Crippen molar-refractivity contribution in [1.29, 1.82) is 0 Å². The Morgan fingerprint density at radius 2 is 2.24 bits per heavy atom. The number of ether oxygens (including phenoxy) is 1. The first kappa shape index (κ1) is 12.5. The number of aromatic nitrogens is 2. The highest BCUT2D eigenvalue weighted by molar-refractivity contribution is 9.10. The molecule has 0 saturated heterocycles. The van der Waals surface area contributed by atoms with Gasteiger partial charge in [-0.15, -0.1) is 11.3 Å². The molecule has 0 aliphatic carbocycles. The number of nitrogens with zero attached hydrogens (tertiary/aromatic N) is 2. The van der Waals surface area contributed by atoms with Crippen molar-refractivity contribution in [3.8, 4) is 5.88 Å². The van der Waals surface area contributed by atoms with Crippen LogP contribution in [0.2, 0.25) is 0 Å². The fourth-order valence-corrected chi connectivity index (χ4v) is 2.28. The van der Waals surface area contributed by atoms with Gasteiger partial charge in [-0.25, -0.2) is 4.98 Å². The van der Waals surface area contributed by atoms with Gasteiger partial charge in [-0.2, -0.15) is 4.98 Å². The lowest BCUT2D eigenvalue weighted by molar-refractivity contribution is 0.294. The molecular formula is C12H13BrN2OS. The number of hydrogen-bond donors (Lipinski definition) is 0. The monoisotopic (exact) mass is 312 g/mol. The lowest BCUT2D eigenvalue weighted by Gasteiger charge is -2.08. The average Bonchev–Trinajstić information content (AvgIpc) is 2.78. The molecule has 17 heavy (non-hydrogen) atoms. The Bertz CT molecular complexity index is 485. The number of hydrogen-bond acceptors (Lipinski definition) is 4. The van der Waals surface area contributed by atoms with Crippen LogP contribution in [0.4, 0.5) is 0 Å². The van der Waals surface area contributed by atoms with Gasteiger partial charge in [-0.05, 0) is 27.4 Å². The zero-order valence-corrected chi connectivity index (χ0v) is 12.1. The summed E-state index contributed by atoms with van der Waals surface area (Å²) in [5.74, 6) is 1.70. The minimum atomic E-state index is 0.289. The molecule has 0 aliphatic heterocycles. The van der Waals surface area contributed by atoms with Gasteiger partial charge >= 0.3 is 0 Å². The second kappa shape index (κ2) is 5.60. The maximum absolute atomic E-state index is 5.65. The first-order valence-corrected chi connectivity index (χ1v) is 7.02. The number of halogens is 1. The highest BCUT2D eigenvalue weighted by Crippen LogP contribution is 2.20.